The number of benzene rings is 1. The Labute approximate surface area is 169 Å². The summed E-state index contributed by atoms with van der Waals surface area (Å²) in [7, 11) is 1.89. The molecular formula is C19H25ClN4O2S. The Morgan fingerprint density at radius 1 is 1.19 bits per heavy atom. The maximum Gasteiger partial charge on any atom is 0.235 e. The largest absolute Gasteiger partial charge is 0.486 e. The third-order valence-corrected chi connectivity index (χ3v) is 6.03. The van der Waals surface area contributed by atoms with Gasteiger partial charge in [0.25, 0.3) is 0 Å². The number of halogens is 1. The molecule has 2 aromatic rings. The van der Waals surface area contributed by atoms with Gasteiger partial charge in [-0.05, 0) is 44.0 Å². The number of amides is 1. The van der Waals surface area contributed by atoms with Crippen molar-refractivity contribution in [2.45, 2.75) is 49.6 Å². The molecule has 1 atom stereocenters. The van der Waals surface area contributed by atoms with E-state index in [1.54, 1.807) is 12.1 Å². The molecule has 1 aliphatic rings. The average molecular weight is 409 g/mol. The molecule has 0 aliphatic carbocycles. The van der Waals surface area contributed by atoms with Crippen LogP contribution in [0.25, 0.3) is 0 Å². The van der Waals surface area contributed by atoms with E-state index in [4.69, 9.17) is 16.3 Å². The molecule has 1 aromatic carbocycles. The second kappa shape index (κ2) is 9.46. The van der Waals surface area contributed by atoms with Gasteiger partial charge >= 0.3 is 0 Å². The summed E-state index contributed by atoms with van der Waals surface area (Å²) >= 11 is 7.33. The monoisotopic (exact) mass is 408 g/mol. The molecule has 1 saturated heterocycles. The van der Waals surface area contributed by atoms with Crippen molar-refractivity contribution in [2.24, 2.45) is 7.05 Å². The van der Waals surface area contributed by atoms with Crippen LogP contribution in [0.5, 0.6) is 5.75 Å². The highest BCUT2D eigenvalue weighted by Gasteiger charge is 2.24. The van der Waals surface area contributed by atoms with Gasteiger partial charge in [-0.1, -0.05) is 36.2 Å². The third-order valence-electron chi connectivity index (χ3n) is 4.65. The van der Waals surface area contributed by atoms with Crippen LogP contribution in [0.1, 0.15) is 38.4 Å². The summed E-state index contributed by atoms with van der Waals surface area (Å²) in [6, 6.07) is 7.20. The Kier molecular flexibility index (Phi) is 7.01. The molecule has 0 radical (unpaired) electrons. The van der Waals surface area contributed by atoms with Crippen molar-refractivity contribution >= 4 is 29.3 Å². The fourth-order valence-electron chi connectivity index (χ4n) is 3.01. The topological polar surface area (TPSA) is 60.3 Å². The van der Waals surface area contributed by atoms with Crippen molar-refractivity contribution in [3.05, 3.63) is 35.1 Å². The molecule has 0 saturated carbocycles. The molecule has 1 aromatic heterocycles. The fourth-order valence-corrected chi connectivity index (χ4v) is 4.05. The van der Waals surface area contributed by atoms with E-state index in [9.17, 15) is 4.79 Å². The highest BCUT2D eigenvalue weighted by Crippen LogP contribution is 2.24. The molecule has 8 heteroatoms. The molecule has 0 bridgehead atoms. The summed E-state index contributed by atoms with van der Waals surface area (Å²) < 4.78 is 7.62. The number of aromatic nitrogens is 3. The number of rotatable bonds is 6. The Morgan fingerprint density at radius 2 is 1.85 bits per heavy atom. The molecular weight excluding hydrogens is 384 g/mol. The van der Waals surface area contributed by atoms with Crippen LogP contribution in [-0.4, -0.2) is 43.9 Å². The number of carbonyl (C=O) groups excluding carboxylic acids is 1. The van der Waals surface area contributed by atoms with Gasteiger partial charge in [0.2, 0.25) is 5.91 Å². The fraction of sp³-hybridized carbons (Fsp3) is 0.526. The van der Waals surface area contributed by atoms with Gasteiger partial charge in [0.05, 0.1) is 5.25 Å². The minimum Gasteiger partial charge on any atom is -0.486 e. The number of thioether (sulfide) groups is 1. The molecule has 1 fully saturated rings. The lowest BCUT2D eigenvalue weighted by Crippen LogP contribution is -2.37. The molecule has 0 unspecified atom stereocenters. The van der Waals surface area contributed by atoms with E-state index in [0.29, 0.717) is 17.5 Å². The van der Waals surface area contributed by atoms with Crippen LogP contribution in [0.15, 0.2) is 29.4 Å². The van der Waals surface area contributed by atoms with Gasteiger partial charge in [0.15, 0.2) is 11.0 Å². The SMILES string of the molecule is C[C@@H](Sc1nnc(COc2ccc(Cl)cc2)n1C)C(=O)N1CCCCCC1. The number of hydrogen-bond donors (Lipinski definition) is 0. The Hall–Kier alpha value is -1.73. The van der Waals surface area contributed by atoms with Crippen molar-refractivity contribution in [3.63, 3.8) is 0 Å². The van der Waals surface area contributed by atoms with Crippen molar-refractivity contribution in [1.29, 1.82) is 0 Å². The quantitative estimate of drug-likeness (QED) is 0.677. The van der Waals surface area contributed by atoms with Crippen LogP contribution in [-0.2, 0) is 18.4 Å². The highest BCUT2D eigenvalue weighted by atomic mass is 35.5. The minimum atomic E-state index is -0.184. The number of nitrogens with zero attached hydrogens (tertiary/aromatic N) is 4. The predicted octanol–water partition coefficient (Wildman–Crippen LogP) is 3.93. The summed E-state index contributed by atoms with van der Waals surface area (Å²) in [5.74, 6) is 1.62. The second-order valence-corrected chi connectivity index (χ2v) is 8.44. The molecule has 2 heterocycles. The minimum absolute atomic E-state index is 0.184. The number of ether oxygens (including phenoxy) is 1. The number of hydrogen-bond acceptors (Lipinski definition) is 5. The molecule has 0 spiro atoms. The van der Waals surface area contributed by atoms with Crippen LogP contribution in [0.2, 0.25) is 5.02 Å². The van der Waals surface area contributed by atoms with E-state index in [1.165, 1.54) is 24.6 Å². The van der Waals surface area contributed by atoms with E-state index in [-0.39, 0.29) is 11.2 Å². The normalized spacial score (nSPS) is 16.0. The van der Waals surface area contributed by atoms with Crippen molar-refractivity contribution in [1.82, 2.24) is 19.7 Å². The zero-order valence-electron chi connectivity index (χ0n) is 15.7. The summed E-state index contributed by atoms with van der Waals surface area (Å²) in [4.78, 5) is 14.7. The average Bonchev–Trinajstić information content (AvgIpc) is 2.88. The first-order valence-electron chi connectivity index (χ1n) is 9.26. The third kappa shape index (κ3) is 5.39. The van der Waals surface area contributed by atoms with E-state index < -0.39 is 0 Å². The van der Waals surface area contributed by atoms with Crippen molar-refractivity contribution in [3.8, 4) is 5.75 Å². The first kappa shape index (κ1) is 20.0. The van der Waals surface area contributed by atoms with Crippen LogP contribution >= 0.6 is 23.4 Å². The lowest BCUT2D eigenvalue weighted by Gasteiger charge is -2.23. The van der Waals surface area contributed by atoms with Gasteiger partial charge in [0.1, 0.15) is 12.4 Å². The first-order valence-corrected chi connectivity index (χ1v) is 10.5. The van der Waals surface area contributed by atoms with Crippen LogP contribution in [0, 0.1) is 0 Å². The smallest absolute Gasteiger partial charge is 0.235 e. The maximum atomic E-state index is 12.7. The molecule has 146 valence electrons. The molecule has 27 heavy (non-hydrogen) atoms. The highest BCUT2D eigenvalue weighted by molar-refractivity contribution is 8.00. The van der Waals surface area contributed by atoms with Gasteiger partial charge in [0, 0.05) is 25.2 Å². The van der Waals surface area contributed by atoms with Crippen LogP contribution < -0.4 is 4.74 Å². The predicted molar refractivity (Wildman–Crippen MR) is 107 cm³/mol. The van der Waals surface area contributed by atoms with E-state index in [2.05, 4.69) is 10.2 Å². The lowest BCUT2D eigenvalue weighted by molar-refractivity contribution is -0.130. The summed E-state index contributed by atoms with van der Waals surface area (Å²) in [5, 5.41) is 9.64. The van der Waals surface area contributed by atoms with Crippen LogP contribution in [0.4, 0.5) is 0 Å². The zero-order chi connectivity index (χ0) is 19.2. The zero-order valence-corrected chi connectivity index (χ0v) is 17.3. The maximum absolute atomic E-state index is 12.7. The Balaban J connectivity index is 1.57. The van der Waals surface area contributed by atoms with E-state index in [0.717, 1.165) is 36.8 Å². The molecule has 3 rings (SSSR count). The van der Waals surface area contributed by atoms with E-state index >= 15 is 0 Å². The summed E-state index contributed by atoms with van der Waals surface area (Å²) in [5.41, 5.74) is 0. The van der Waals surface area contributed by atoms with Gasteiger partial charge in [-0.15, -0.1) is 10.2 Å². The lowest BCUT2D eigenvalue weighted by atomic mass is 10.2. The second-order valence-electron chi connectivity index (χ2n) is 6.70. The number of carbonyl (C=O) groups is 1. The van der Waals surface area contributed by atoms with E-state index in [1.807, 2.05) is 35.6 Å². The molecule has 1 amide bonds. The van der Waals surface area contributed by atoms with Gasteiger partial charge in [-0.3, -0.25) is 4.79 Å². The van der Waals surface area contributed by atoms with Gasteiger partial charge < -0.3 is 14.2 Å². The van der Waals surface area contributed by atoms with Crippen LogP contribution in [0.3, 0.4) is 0 Å². The standard InChI is InChI=1S/C19H25ClN4O2S/c1-14(18(25)24-11-5-3-4-6-12-24)27-19-22-21-17(23(19)2)13-26-16-9-7-15(20)8-10-16/h7-10,14H,3-6,11-13H2,1-2H3/t14-/m1/s1. The first-order chi connectivity index (χ1) is 13.0. The molecule has 0 N–H and O–H groups in total. The van der Waals surface area contributed by atoms with Crippen molar-refractivity contribution < 1.29 is 9.53 Å². The van der Waals surface area contributed by atoms with Gasteiger partial charge in [-0.25, -0.2) is 0 Å². The Bertz CT molecular complexity index is 758. The Morgan fingerprint density at radius 3 is 2.52 bits per heavy atom. The number of likely N-dealkylation sites (tertiary alicyclic amines) is 1. The molecule has 1 aliphatic heterocycles. The summed E-state index contributed by atoms with van der Waals surface area (Å²) in [6.07, 6.45) is 4.62. The van der Waals surface area contributed by atoms with Crippen molar-refractivity contribution in [2.75, 3.05) is 13.1 Å². The summed E-state index contributed by atoms with van der Waals surface area (Å²) in [6.45, 7) is 3.97. The molecule has 6 nitrogen and oxygen atoms in total. The van der Waals surface area contributed by atoms with Gasteiger partial charge in [-0.2, -0.15) is 0 Å².